The number of nitrogens with one attached hydrogen (secondary N) is 2. The van der Waals surface area contributed by atoms with Crippen LogP contribution in [0.3, 0.4) is 0 Å². The van der Waals surface area contributed by atoms with Crippen LogP contribution < -0.4 is 20.1 Å². The van der Waals surface area contributed by atoms with Gasteiger partial charge in [-0.3, -0.25) is 9.59 Å². The first-order chi connectivity index (χ1) is 17.9. The highest BCUT2D eigenvalue weighted by atomic mass is 79.9. The van der Waals surface area contributed by atoms with E-state index in [1.165, 1.54) is 0 Å². The topological polar surface area (TPSA) is 76.7 Å². The lowest BCUT2D eigenvalue weighted by molar-refractivity contribution is 0.101. The number of hydrogen-bond acceptors (Lipinski definition) is 4. The lowest BCUT2D eigenvalue weighted by Crippen LogP contribution is -2.12. The van der Waals surface area contributed by atoms with Crippen LogP contribution in [-0.2, 0) is 6.42 Å². The van der Waals surface area contributed by atoms with Gasteiger partial charge in [0.1, 0.15) is 11.5 Å². The molecule has 0 atom stereocenters. The fourth-order valence-electron chi connectivity index (χ4n) is 3.67. The molecule has 4 aromatic carbocycles. The predicted molar refractivity (Wildman–Crippen MR) is 153 cm³/mol. The quantitative estimate of drug-likeness (QED) is 0.216. The SMILES string of the molecule is COc1ccc(C(=O)Nc2ccc(Cc3ccc(NC(=O)c4ccc(OC)c(Br)c4)cc3)cc2)cc1Br. The molecule has 0 aliphatic carbocycles. The van der Waals surface area contributed by atoms with Gasteiger partial charge in [-0.15, -0.1) is 0 Å². The van der Waals surface area contributed by atoms with Crippen LogP contribution in [-0.4, -0.2) is 26.0 Å². The van der Waals surface area contributed by atoms with Gasteiger partial charge in [0.25, 0.3) is 11.8 Å². The highest BCUT2D eigenvalue weighted by Gasteiger charge is 2.11. The molecular weight excluding hydrogens is 600 g/mol. The lowest BCUT2D eigenvalue weighted by atomic mass is 10.0. The first kappa shape index (κ1) is 26.4. The summed E-state index contributed by atoms with van der Waals surface area (Å²) < 4.78 is 11.9. The number of rotatable bonds is 8. The molecule has 0 bridgehead atoms. The molecule has 0 spiro atoms. The smallest absolute Gasteiger partial charge is 0.255 e. The van der Waals surface area contributed by atoms with Crippen LogP contribution in [0.25, 0.3) is 0 Å². The summed E-state index contributed by atoms with van der Waals surface area (Å²) in [5.41, 5.74) is 4.69. The first-order valence-corrected chi connectivity index (χ1v) is 12.9. The average Bonchev–Trinajstić information content (AvgIpc) is 2.90. The van der Waals surface area contributed by atoms with Crippen molar-refractivity contribution >= 4 is 55.0 Å². The summed E-state index contributed by atoms with van der Waals surface area (Å²) in [5, 5.41) is 5.82. The molecule has 37 heavy (non-hydrogen) atoms. The summed E-state index contributed by atoms with van der Waals surface area (Å²) in [4.78, 5) is 25.2. The minimum Gasteiger partial charge on any atom is -0.496 e. The van der Waals surface area contributed by atoms with Crippen molar-refractivity contribution in [1.82, 2.24) is 0 Å². The predicted octanol–water partition coefficient (Wildman–Crippen LogP) is 7.32. The Hall–Kier alpha value is -3.62. The van der Waals surface area contributed by atoms with Crippen LogP contribution in [0, 0.1) is 0 Å². The van der Waals surface area contributed by atoms with Crippen LogP contribution in [0.4, 0.5) is 11.4 Å². The molecule has 4 aromatic rings. The summed E-state index contributed by atoms with van der Waals surface area (Å²) in [7, 11) is 3.16. The molecular formula is C29H24Br2N2O4. The van der Waals surface area contributed by atoms with E-state index < -0.39 is 0 Å². The maximum atomic E-state index is 12.6. The van der Waals surface area contributed by atoms with Crippen LogP contribution >= 0.6 is 31.9 Å². The third kappa shape index (κ3) is 6.78. The summed E-state index contributed by atoms with van der Waals surface area (Å²) in [6.07, 6.45) is 0.722. The Morgan fingerprint density at radius 3 is 1.32 bits per heavy atom. The highest BCUT2D eigenvalue weighted by molar-refractivity contribution is 9.10. The molecule has 0 unspecified atom stereocenters. The van der Waals surface area contributed by atoms with Crippen molar-refractivity contribution in [3.8, 4) is 11.5 Å². The zero-order chi connectivity index (χ0) is 26.4. The molecule has 0 radical (unpaired) electrons. The zero-order valence-electron chi connectivity index (χ0n) is 20.2. The number of halogens is 2. The molecule has 8 heteroatoms. The number of ether oxygens (including phenoxy) is 2. The van der Waals surface area contributed by atoms with Gasteiger partial charge in [0.2, 0.25) is 0 Å². The molecule has 0 heterocycles. The van der Waals surface area contributed by atoms with E-state index in [1.54, 1.807) is 50.6 Å². The molecule has 0 aromatic heterocycles. The van der Waals surface area contributed by atoms with Gasteiger partial charge in [-0.2, -0.15) is 0 Å². The number of amides is 2. The van der Waals surface area contributed by atoms with E-state index in [2.05, 4.69) is 42.5 Å². The third-order valence-corrected chi connectivity index (χ3v) is 6.90. The number of carbonyl (C=O) groups is 2. The minimum absolute atomic E-state index is 0.198. The van der Waals surface area contributed by atoms with Crippen LogP contribution in [0.5, 0.6) is 11.5 Å². The van der Waals surface area contributed by atoms with Gasteiger partial charge in [0.15, 0.2) is 0 Å². The summed E-state index contributed by atoms with van der Waals surface area (Å²) >= 11 is 6.81. The van der Waals surface area contributed by atoms with Crippen molar-refractivity contribution in [1.29, 1.82) is 0 Å². The Morgan fingerprint density at radius 2 is 1.00 bits per heavy atom. The Labute approximate surface area is 232 Å². The van der Waals surface area contributed by atoms with E-state index in [0.717, 1.165) is 26.5 Å². The van der Waals surface area contributed by atoms with Gasteiger partial charge in [0, 0.05) is 22.5 Å². The Kier molecular flexibility index (Phi) is 8.63. The molecule has 4 rings (SSSR count). The largest absolute Gasteiger partial charge is 0.496 e. The summed E-state index contributed by atoms with van der Waals surface area (Å²) in [6.45, 7) is 0. The van der Waals surface area contributed by atoms with Gasteiger partial charge in [0.05, 0.1) is 23.2 Å². The molecule has 2 amide bonds. The number of carbonyl (C=O) groups excluding carboxylic acids is 2. The first-order valence-electron chi connectivity index (χ1n) is 11.3. The normalized spacial score (nSPS) is 10.5. The van der Waals surface area contributed by atoms with Crippen molar-refractivity contribution in [3.63, 3.8) is 0 Å². The fourth-order valence-corrected chi connectivity index (χ4v) is 4.75. The fraction of sp³-hybridized carbons (Fsp3) is 0.103. The molecule has 6 nitrogen and oxygen atoms in total. The molecule has 0 aliphatic rings. The zero-order valence-corrected chi connectivity index (χ0v) is 23.4. The van der Waals surface area contributed by atoms with Gasteiger partial charge >= 0.3 is 0 Å². The molecule has 0 saturated carbocycles. The molecule has 0 fully saturated rings. The second kappa shape index (κ2) is 12.1. The van der Waals surface area contributed by atoms with Crippen molar-refractivity contribution in [2.24, 2.45) is 0 Å². The highest BCUT2D eigenvalue weighted by Crippen LogP contribution is 2.27. The van der Waals surface area contributed by atoms with E-state index in [0.29, 0.717) is 34.0 Å². The maximum absolute atomic E-state index is 12.6. The molecule has 188 valence electrons. The Morgan fingerprint density at radius 1 is 0.622 bits per heavy atom. The van der Waals surface area contributed by atoms with E-state index in [1.807, 2.05) is 48.5 Å². The summed E-state index contributed by atoms with van der Waals surface area (Å²) in [5.74, 6) is 0.940. The van der Waals surface area contributed by atoms with Crippen molar-refractivity contribution in [2.45, 2.75) is 6.42 Å². The average molecular weight is 624 g/mol. The van der Waals surface area contributed by atoms with Crippen molar-refractivity contribution in [3.05, 3.63) is 116 Å². The van der Waals surface area contributed by atoms with Crippen LogP contribution in [0.2, 0.25) is 0 Å². The van der Waals surface area contributed by atoms with Crippen molar-refractivity contribution in [2.75, 3.05) is 24.9 Å². The van der Waals surface area contributed by atoms with Crippen LogP contribution in [0.15, 0.2) is 93.9 Å². The maximum Gasteiger partial charge on any atom is 0.255 e. The second-order valence-corrected chi connectivity index (χ2v) is 9.89. The Bertz CT molecular complexity index is 1310. The number of methoxy groups -OCH3 is 2. The van der Waals surface area contributed by atoms with Gasteiger partial charge in [-0.25, -0.2) is 0 Å². The van der Waals surface area contributed by atoms with Gasteiger partial charge in [-0.05, 0) is 110 Å². The number of hydrogen-bond donors (Lipinski definition) is 2. The standard InChI is InChI=1S/C29H24Br2N2O4/c1-36-26-13-7-20(16-24(26)30)28(34)32-22-9-3-18(4-10-22)15-19-5-11-23(12-6-19)33-29(35)21-8-14-27(37-2)25(31)17-21/h3-14,16-17H,15H2,1-2H3,(H,32,34)(H,33,35). The third-order valence-electron chi connectivity index (χ3n) is 5.66. The number of anilines is 2. The second-order valence-electron chi connectivity index (χ2n) is 8.18. The van der Waals surface area contributed by atoms with Gasteiger partial charge < -0.3 is 20.1 Å². The van der Waals surface area contributed by atoms with E-state index >= 15 is 0 Å². The molecule has 0 aliphatic heterocycles. The number of benzene rings is 4. The lowest BCUT2D eigenvalue weighted by Gasteiger charge is -2.10. The van der Waals surface area contributed by atoms with E-state index in [9.17, 15) is 9.59 Å². The molecule has 0 saturated heterocycles. The Balaban J connectivity index is 1.33. The van der Waals surface area contributed by atoms with E-state index in [4.69, 9.17) is 9.47 Å². The van der Waals surface area contributed by atoms with Crippen LogP contribution in [0.1, 0.15) is 31.8 Å². The summed E-state index contributed by atoms with van der Waals surface area (Å²) in [6, 6.07) is 25.8. The molecule has 2 N–H and O–H groups in total. The van der Waals surface area contributed by atoms with Gasteiger partial charge in [-0.1, -0.05) is 24.3 Å². The van der Waals surface area contributed by atoms with E-state index in [-0.39, 0.29) is 11.8 Å². The minimum atomic E-state index is -0.198. The van der Waals surface area contributed by atoms with Crippen molar-refractivity contribution < 1.29 is 19.1 Å². The monoisotopic (exact) mass is 622 g/mol.